The molecule has 0 saturated carbocycles. The van der Waals surface area contributed by atoms with Crippen LogP contribution in [0.2, 0.25) is 5.02 Å². The zero-order valence-corrected chi connectivity index (χ0v) is 13.9. The summed E-state index contributed by atoms with van der Waals surface area (Å²) in [6.45, 7) is 3.09. The summed E-state index contributed by atoms with van der Waals surface area (Å²) in [6, 6.07) is 6.16. The minimum Gasteiger partial charge on any atom is -0.383 e. The number of aromatic nitrogens is 1. The quantitative estimate of drug-likeness (QED) is 0.756. The van der Waals surface area contributed by atoms with Crippen molar-refractivity contribution in [1.29, 1.82) is 0 Å². The van der Waals surface area contributed by atoms with Crippen LogP contribution in [0.3, 0.4) is 0 Å². The number of methoxy groups -OCH3 is 1. The Bertz CT molecular complexity index is 548. The van der Waals surface area contributed by atoms with Gasteiger partial charge in [-0.3, -0.25) is 0 Å². The SMILES string of the molecule is COCCNCc1ccc(N(C)Cc2cscn2)c(Cl)c1. The molecule has 21 heavy (non-hydrogen) atoms. The van der Waals surface area contributed by atoms with Crippen molar-refractivity contribution < 1.29 is 4.74 Å². The molecule has 0 amide bonds. The Morgan fingerprint density at radius 3 is 2.95 bits per heavy atom. The first-order valence-corrected chi connectivity index (χ1v) is 8.09. The maximum Gasteiger partial charge on any atom is 0.0795 e. The summed E-state index contributed by atoms with van der Waals surface area (Å²) >= 11 is 8.00. The highest BCUT2D eigenvalue weighted by atomic mass is 35.5. The minimum absolute atomic E-state index is 0.711. The second kappa shape index (κ2) is 8.34. The maximum atomic E-state index is 6.39. The van der Waals surface area contributed by atoms with Crippen molar-refractivity contribution in [2.24, 2.45) is 0 Å². The molecule has 0 unspecified atom stereocenters. The van der Waals surface area contributed by atoms with E-state index in [1.807, 2.05) is 18.6 Å². The normalized spacial score (nSPS) is 10.8. The number of halogens is 1. The van der Waals surface area contributed by atoms with Crippen LogP contribution < -0.4 is 10.2 Å². The van der Waals surface area contributed by atoms with Gasteiger partial charge in [-0.15, -0.1) is 11.3 Å². The van der Waals surface area contributed by atoms with Crippen molar-refractivity contribution in [2.75, 3.05) is 32.2 Å². The predicted octanol–water partition coefficient (Wildman–Crippen LogP) is 3.17. The lowest BCUT2D eigenvalue weighted by atomic mass is 10.2. The third-order valence-electron chi connectivity index (χ3n) is 3.12. The van der Waals surface area contributed by atoms with Gasteiger partial charge in [0.25, 0.3) is 0 Å². The Kier molecular flexibility index (Phi) is 6.45. The smallest absolute Gasteiger partial charge is 0.0795 e. The lowest BCUT2D eigenvalue weighted by Gasteiger charge is -2.20. The second-order valence-corrected chi connectivity index (χ2v) is 5.92. The summed E-state index contributed by atoms with van der Waals surface area (Å²) in [7, 11) is 3.72. The zero-order valence-electron chi connectivity index (χ0n) is 12.3. The van der Waals surface area contributed by atoms with Crippen molar-refractivity contribution in [3.05, 3.63) is 45.4 Å². The standard InChI is InChI=1S/C15H20ClN3OS/c1-19(9-13-10-21-11-18-13)15-4-3-12(7-14(15)16)8-17-5-6-20-2/h3-4,7,10-11,17H,5-6,8-9H2,1-2H3. The average molecular weight is 326 g/mol. The highest BCUT2D eigenvalue weighted by Crippen LogP contribution is 2.27. The summed E-state index contributed by atoms with van der Waals surface area (Å²) in [5, 5.41) is 6.13. The largest absolute Gasteiger partial charge is 0.383 e. The number of hydrogen-bond acceptors (Lipinski definition) is 5. The van der Waals surface area contributed by atoms with Crippen LogP contribution in [0, 0.1) is 0 Å². The number of ether oxygens (including phenoxy) is 1. The van der Waals surface area contributed by atoms with Gasteiger partial charge >= 0.3 is 0 Å². The lowest BCUT2D eigenvalue weighted by molar-refractivity contribution is 0.199. The fourth-order valence-corrected chi connectivity index (χ4v) is 2.92. The fraction of sp³-hybridized carbons (Fsp3) is 0.400. The molecule has 0 aliphatic heterocycles. The van der Waals surface area contributed by atoms with Gasteiger partial charge in [-0.25, -0.2) is 4.98 Å². The summed E-state index contributed by atoms with van der Waals surface area (Å²) < 4.78 is 5.00. The molecular weight excluding hydrogens is 306 g/mol. The molecule has 0 aliphatic carbocycles. The number of nitrogens with zero attached hydrogens (tertiary/aromatic N) is 2. The van der Waals surface area contributed by atoms with Crippen molar-refractivity contribution in [3.8, 4) is 0 Å². The number of nitrogens with one attached hydrogen (secondary N) is 1. The third-order valence-corrected chi connectivity index (χ3v) is 4.06. The molecule has 6 heteroatoms. The van der Waals surface area contributed by atoms with Gasteiger partial charge in [-0.2, -0.15) is 0 Å². The van der Waals surface area contributed by atoms with E-state index < -0.39 is 0 Å². The van der Waals surface area contributed by atoms with Gasteiger partial charge in [0.1, 0.15) is 0 Å². The lowest BCUT2D eigenvalue weighted by Crippen LogP contribution is -2.19. The molecule has 1 aromatic heterocycles. The maximum absolute atomic E-state index is 6.39. The number of benzene rings is 1. The molecule has 114 valence electrons. The van der Waals surface area contributed by atoms with Gasteiger partial charge in [0, 0.05) is 32.6 Å². The van der Waals surface area contributed by atoms with E-state index in [0.29, 0.717) is 6.61 Å². The van der Waals surface area contributed by atoms with Crippen LogP contribution >= 0.6 is 22.9 Å². The monoisotopic (exact) mass is 325 g/mol. The van der Waals surface area contributed by atoms with Crippen molar-refractivity contribution in [1.82, 2.24) is 10.3 Å². The molecule has 2 aromatic rings. The molecule has 1 heterocycles. The summed E-state index contributed by atoms with van der Waals surface area (Å²) in [5.74, 6) is 0. The Labute approximate surface area is 134 Å². The molecule has 4 nitrogen and oxygen atoms in total. The van der Waals surface area contributed by atoms with Gasteiger partial charge in [0.05, 0.1) is 35.1 Å². The zero-order chi connectivity index (χ0) is 15.1. The summed E-state index contributed by atoms with van der Waals surface area (Å²) in [6.07, 6.45) is 0. The summed E-state index contributed by atoms with van der Waals surface area (Å²) in [5.41, 5.74) is 5.09. The molecule has 0 fully saturated rings. The van der Waals surface area contributed by atoms with Gasteiger partial charge in [0.15, 0.2) is 0 Å². The van der Waals surface area contributed by atoms with Crippen LogP contribution in [0.5, 0.6) is 0 Å². The molecule has 0 aliphatic rings. The second-order valence-electron chi connectivity index (χ2n) is 4.79. The molecule has 2 rings (SSSR count). The first kappa shape index (κ1) is 16.2. The highest BCUT2D eigenvalue weighted by Gasteiger charge is 2.08. The molecule has 0 radical (unpaired) electrons. The number of anilines is 1. The third kappa shape index (κ3) is 4.97. The van der Waals surface area contributed by atoms with E-state index >= 15 is 0 Å². The Morgan fingerprint density at radius 1 is 1.43 bits per heavy atom. The predicted molar refractivity (Wildman–Crippen MR) is 89.3 cm³/mol. The number of thiazole rings is 1. The molecule has 0 saturated heterocycles. The van der Waals surface area contributed by atoms with Crippen molar-refractivity contribution in [3.63, 3.8) is 0 Å². The first-order chi connectivity index (χ1) is 10.2. The van der Waals surface area contributed by atoms with E-state index in [0.717, 1.165) is 36.0 Å². The molecule has 0 atom stereocenters. The topological polar surface area (TPSA) is 37.4 Å². The van der Waals surface area contributed by atoms with E-state index in [1.54, 1.807) is 18.4 Å². The van der Waals surface area contributed by atoms with E-state index in [-0.39, 0.29) is 0 Å². The number of hydrogen-bond donors (Lipinski definition) is 1. The Balaban J connectivity index is 1.94. The average Bonchev–Trinajstić information content (AvgIpc) is 2.96. The Hall–Kier alpha value is -1.14. The van der Waals surface area contributed by atoms with Crippen molar-refractivity contribution >= 4 is 28.6 Å². The van der Waals surface area contributed by atoms with Crippen LogP contribution in [0.1, 0.15) is 11.3 Å². The molecule has 0 bridgehead atoms. The molecule has 1 N–H and O–H groups in total. The van der Waals surface area contributed by atoms with Crippen molar-refractivity contribution in [2.45, 2.75) is 13.1 Å². The number of rotatable bonds is 8. The minimum atomic E-state index is 0.711. The van der Waals surface area contributed by atoms with Crippen LogP contribution in [0.25, 0.3) is 0 Å². The van der Waals surface area contributed by atoms with Crippen LogP contribution in [0.15, 0.2) is 29.1 Å². The van der Waals surface area contributed by atoms with E-state index in [2.05, 4.69) is 32.7 Å². The summed E-state index contributed by atoms with van der Waals surface area (Å²) in [4.78, 5) is 6.41. The molecule has 0 spiro atoms. The van der Waals surface area contributed by atoms with Gasteiger partial charge in [-0.1, -0.05) is 17.7 Å². The Morgan fingerprint density at radius 2 is 2.29 bits per heavy atom. The molecular formula is C15H20ClN3OS. The van der Waals surface area contributed by atoms with Crippen LogP contribution in [0.4, 0.5) is 5.69 Å². The van der Waals surface area contributed by atoms with E-state index in [9.17, 15) is 0 Å². The van der Waals surface area contributed by atoms with Gasteiger partial charge < -0.3 is 15.0 Å². The van der Waals surface area contributed by atoms with Gasteiger partial charge in [-0.05, 0) is 17.7 Å². The van der Waals surface area contributed by atoms with Crippen LogP contribution in [-0.2, 0) is 17.8 Å². The van der Waals surface area contributed by atoms with E-state index in [1.165, 1.54) is 5.56 Å². The first-order valence-electron chi connectivity index (χ1n) is 6.77. The van der Waals surface area contributed by atoms with Crippen LogP contribution in [-0.4, -0.2) is 32.3 Å². The van der Waals surface area contributed by atoms with Gasteiger partial charge in [0.2, 0.25) is 0 Å². The van der Waals surface area contributed by atoms with E-state index in [4.69, 9.17) is 16.3 Å². The fourth-order valence-electron chi connectivity index (χ4n) is 2.02. The highest BCUT2D eigenvalue weighted by molar-refractivity contribution is 7.07. The molecule has 1 aromatic carbocycles.